The van der Waals surface area contributed by atoms with Crippen LogP contribution in [0, 0.1) is 23.2 Å². The minimum absolute atomic E-state index is 0.0300. The average molecular weight is 248 g/mol. The van der Waals surface area contributed by atoms with Gasteiger partial charge in [-0.25, -0.2) is 0 Å². The number of carbonyl (C=O) groups is 1. The highest BCUT2D eigenvalue weighted by Gasteiger charge is 1.98. The van der Waals surface area contributed by atoms with Crippen LogP contribution >= 0.6 is 11.6 Å². The third kappa shape index (κ3) is 4.59. The van der Waals surface area contributed by atoms with E-state index in [-0.39, 0.29) is 12.4 Å². The summed E-state index contributed by atoms with van der Waals surface area (Å²) in [5.74, 6) is 5.08. The molecule has 0 spiro atoms. The lowest BCUT2D eigenvalue weighted by Gasteiger charge is -1.96. The van der Waals surface area contributed by atoms with Gasteiger partial charge in [-0.3, -0.25) is 4.79 Å². The summed E-state index contributed by atoms with van der Waals surface area (Å²) in [5.41, 5.74) is 1.05. The highest BCUT2D eigenvalue weighted by atomic mass is 35.5. The normalized spacial score (nSPS) is 8.76. The van der Waals surface area contributed by atoms with Gasteiger partial charge in [0.2, 0.25) is 0 Å². The molecule has 4 heteroatoms. The topological polar surface area (TPSA) is 50.1 Å². The summed E-state index contributed by atoms with van der Waals surface area (Å²) < 4.78 is 4.73. The third-order valence-corrected chi connectivity index (χ3v) is 2.02. The first-order valence-electron chi connectivity index (χ1n) is 5.01. The molecule has 1 aromatic rings. The molecule has 0 amide bonds. The minimum atomic E-state index is -0.359. The van der Waals surface area contributed by atoms with E-state index in [9.17, 15) is 4.79 Å². The molecule has 0 aliphatic carbocycles. The van der Waals surface area contributed by atoms with Crippen molar-refractivity contribution in [2.75, 3.05) is 6.61 Å². The number of halogens is 1. The van der Waals surface area contributed by atoms with E-state index in [1.165, 1.54) is 0 Å². The number of benzene rings is 1. The van der Waals surface area contributed by atoms with Crippen LogP contribution in [0.1, 0.15) is 24.5 Å². The van der Waals surface area contributed by atoms with Crippen molar-refractivity contribution >= 4 is 17.6 Å². The largest absolute Gasteiger partial charge is 0.465 e. The van der Waals surface area contributed by atoms with Crippen molar-refractivity contribution < 1.29 is 9.53 Å². The van der Waals surface area contributed by atoms with E-state index in [4.69, 9.17) is 21.6 Å². The number of nitriles is 1. The maximum Gasteiger partial charge on any atom is 0.317 e. The van der Waals surface area contributed by atoms with Gasteiger partial charge in [-0.2, -0.15) is 5.26 Å². The number of rotatable bonds is 2. The summed E-state index contributed by atoms with van der Waals surface area (Å²) in [5, 5.41) is 9.19. The van der Waals surface area contributed by atoms with E-state index in [0.29, 0.717) is 22.8 Å². The Labute approximate surface area is 105 Å². The van der Waals surface area contributed by atoms with Crippen molar-refractivity contribution in [3.8, 4) is 17.9 Å². The first-order chi connectivity index (χ1) is 8.15. The van der Waals surface area contributed by atoms with Crippen LogP contribution in [0.15, 0.2) is 18.2 Å². The molecule has 0 unspecified atom stereocenters. The molecule has 86 valence electrons. The van der Waals surface area contributed by atoms with E-state index in [2.05, 4.69) is 11.8 Å². The van der Waals surface area contributed by atoms with Gasteiger partial charge >= 0.3 is 5.97 Å². The number of ether oxygens (including phenoxy) is 1. The number of nitrogens with zero attached hydrogens (tertiary/aromatic N) is 1. The molecule has 0 bridgehead atoms. The van der Waals surface area contributed by atoms with Gasteiger partial charge in [0.1, 0.15) is 6.42 Å². The van der Waals surface area contributed by atoms with Gasteiger partial charge in [0.05, 0.1) is 18.2 Å². The summed E-state index contributed by atoms with van der Waals surface area (Å²) in [6.45, 7) is 2.08. The molecule has 1 rings (SSSR count). The zero-order valence-electron chi connectivity index (χ0n) is 9.29. The van der Waals surface area contributed by atoms with Gasteiger partial charge in [-0.05, 0) is 25.1 Å². The molecular formula is C13H10ClNO2. The van der Waals surface area contributed by atoms with Crippen molar-refractivity contribution in [1.29, 1.82) is 5.26 Å². The predicted octanol–water partition coefficient (Wildman–Crippen LogP) is 2.52. The fraction of sp³-hybridized carbons (Fsp3) is 0.231. The number of hydrogen-bond donors (Lipinski definition) is 0. The summed E-state index contributed by atoms with van der Waals surface area (Å²) in [6, 6.07) is 6.79. The Hall–Kier alpha value is -1.97. The van der Waals surface area contributed by atoms with Crippen molar-refractivity contribution in [2.45, 2.75) is 13.3 Å². The highest BCUT2D eigenvalue weighted by molar-refractivity contribution is 6.30. The Morgan fingerprint density at radius 1 is 1.41 bits per heavy atom. The molecule has 0 aliphatic heterocycles. The fourth-order valence-electron chi connectivity index (χ4n) is 1.16. The van der Waals surface area contributed by atoms with Crippen LogP contribution in [0.2, 0.25) is 5.02 Å². The molecule has 0 aliphatic rings. The second kappa shape index (κ2) is 6.58. The molecule has 0 fully saturated rings. The molecule has 0 N–H and O–H groups in total. The first kappa shape index (κ1) is 13.1. The van der Waals surface area contributed by atoms with Gasteiger partial charge in [-0.15, -0.1) is 0 Å². The van der Waals surface area contributed by atoms with E-state index in [1.807, 2.05) is 6.07 Å². The molecule has 0 atom stereocenters. The highest BCUT2D eigenvalue weighted by Crippen LogP contribution is 2.13. The van der Waals surface area contributed by atoms with Gasteiger partial charge < -0.3 is 4.74 Å². The van der Waals surface area contributed by atoms with Gasteiger partial charge in [-0.1, -0.05) is 23.4 Å². The molecule has 0 aromatic heterocycles. The molecular weight excluding hydrogens is 238 g/mol. The minimum Gasteiger partial charge on any atom is -0.465 e. The fourth-order valence-corrected chi connectivity index (χ4v) is 1.39. The van der Waals surface area contributed by atoms with Crippen molar-refractivity contribution in [2.24, 2.45) is 0 Å². The monoisotopic (exact) mass is 247 g/mol. The maximum atomic E-state index is 11.0. The van der Waals surface area contributed by atoms with E-state index >= 15 is 0 Å². The average Bonchev–Trinajstić information content (AvgIpc) is 2.28. The van der Waals surface area contributed by atoms with Crippen LogP contribution in [0.5, 0.6) is 0 Å². The predicted molar refractivity (Wildman–Crippen MR) is 64.3 cm³/mol. The van der Waals surface area contributed by atoms with E-state index in [1.54, 1.807) is 25.1 Å². The van der Waals surface area contributed by atoms with E-state index < -0.39 is 0 Å². The van der Waals surface area contributed by atoms with Gasteiger partial charge in [0.25, 0.3) is 0 Å². The number of esters is 1. The van der Waals surface area contributed by atoms with Crippen molar-refractivity contribution in [3.63, 3.8) is 0 Å². The zero-order chi connectivity index (χ0) is 12.7. The number of hydrogen-bond acceptors (Lipinski definition) is 3. The lowest BCUT2D eigenvalue weighted by molar-refractivity contribution is -0.141. The number of carbonyl (C=O) groups excluding carboxylic acids is 1. The SMILES string of the molecule is CCOC(=O)CC#Cc1cc(Cl)cc(C#N)c1. The molecule has 3 nitrogen and oxygen atoms in total. The van der Waals surface area contributed by atoms with Gasteiger partial charge in [0, 0.05) is 10.6 Å². The Kier molecular flexibility index (Phi) is 5.07. The Balaban J connectivity index is 2.75. The summed E-state index contributed by atoms with van der Waals surface area (Å²) in [4.78, 5) is 11.0. The Bertz CT molecular complexity index is 520. The molecule has 0 saturated heterocycles. The standard InChI is InChI=1S/C13H10ClNO2/c1-2-17-13(16)5-3-4-10-6-11(9-15)8-12(14)7-10/h6-8H,2,5H2,1H3. The van der Waals surface area contributed by atoms with Crippen LogP contribution in [-0.4, -0.2) is 12.6 Å². The van der Waals surface area contributed by atoms with Crippen LogP contribution in [0.3, 0.4) is 0 Å². The summed E-state index contributed by atoms with van der Waals surface area (Å²) >= 11 is 5.81. The summed E-state index contributed by atoms with van der Waals surface area (Å²) in [7, 11) is 0. The molecule has 17 heavy (non-hydrogen) atoms. The Morgan fingerprint density at radius 2 is 2.12 bits per heavy atom. The third-order valence-electron chi connectivity index (χ3n) is 1.80. The van der Waals surface area contributed by atoms with Gasteiger partial charge in [0.15, 0.2) is 0 Å². The molecule has 1 aromatic carbocycles. The lowest BCUT2D eigenvalue weighted by Crippen LogP contribution is -2.01. The maximum absolute atomic E-state index is 11.0. The van der Waals surface area contributed by atoms with Crippen LogP contribution in [0.25, 0.3) is 0 Å². The Morgan fingerprint density at radius 3 is 2.76 bits per heavy atom. The van der Waals surface area contributed by atoms with Crippen LogP contribution in [0.4, 0.5) is 0 Å². The van der Waals surface area contributed by atoms with E-state index in [0.717, 1.165) is 0 Å². The molecule has 0 radical (unpaired) electrons. The quantitative estimate of drug-likeness (QED) is 0.596. The lowest BCUT2D eigenvalue weighted by atomic mass is 10.1. The summed E-state index contributed by atoms with van der Waals surface area (Å²) in [6.07, 6.45) is 0.0300. The second-order valence-corrected chi connectivity index (χ2v) is 3.56. The van der Waals surface area contributed by atoms with Crippen LogP contribution in [-0.2, 0) is 9.53 Å². The molecule has 0 heterocycles. The zero-order valence-corrected chi connectivity index (χ0v) is 10.0. The molecule has 0 saturated carbocycles. The van der Waals surface area contributed by atoms with Crippen molar-refractivity contribution in [3.05, 3.63) is 34.3 Å². The van der Waals surface area contributed by atoms with Crippen molar-refractivity contribution in [1.82, 2.24) is 0 Å². The smallest absolute Gasteiger partial charge is 0.317 e. The first-order valence-corrected chi connectivity index (χ1v) is 5.38. The second-order valence-electron chi connectivity index (χ2n) is 3.12. The van der Waals surface area contributed by atoms with Crippen LogP contribution < -0.4 is 0 Å².